The molecule has 0 unspecified atom stereocenters. The minimum atomic E-state index is 0.125. The second-order valence-corrected chi connectivity index (χ2v) is 4.66. The van der Waals surface area contributed by atoms with Crippen LogP contribution in [0.3, 0.4) is 0 Å². The van der Waals surface area contributed by atoms with Crippen molar-refractivity contribution in [1.29, 1.82) is 5.41 Å². The van der Waals surface area contributed by atoms with Crippen molar-refractivity contribution in [2.45, 2.75) is 6.92 Å². The summed E-state index contributed by atoms with van der Waals surface area (Å²) in [6.45, 7) is 3.90. The summed E-state index contributed by atoms with van der Waals surface area (Å²) in [6, 6.07) is 6.04. The number of hydrogen-bond acceptors (Lipinski definition) is 3. The lowest BCUT2D eigenvalue weighted by atomic mass is 10.1. The second kappa shape index (κ2) is 5.68. The molecule has 4 heteroatoms. The van der Waals surface area contributed by atoms with Crippen LogP contribution in [0.25, 0.3) is 0 Å². The van der Waals surface area contributed by atoms with Gasteiger partial charge in [0.25, 0.3) is 0 Å². The average molecular weight is 234 g/mol. The van der Waals surface area contributed by atoms with Gasteiger partial charge in [-0.25, -0.2) is 0 Å². The lowest BCUT2D eigenvalue weighted by Gasteiger charge is -2.24. The van der Waals surface area contributed by atoms with Crippen LogP contribution in [0.15, 0.2) is 18.2 Å². The maximum absolute atomic E-state index is 7.62. The Bertz CT molecular complexity index is 398. The molecule has 1 aromatic rings. The molecule has 3 N–H and O–H groups in total. The maximum Gasteiger partial charge on any atom is 0.124 e. The number of amidine groups is 1. The molecule has 0 bridgehead atoms. The summed E-state index contributed by atoms with van der Waals surface area (Å²) in [6.07, 6.45) is 0. The molecule has 94 valence electrons. The van der Waals surface area contributed by atoms with Gasteiger partial charge < -0.3 is 15.5 Å². The first kappa shape index (κ1) is 13.5. The average Bonchev–Trinajstić information content (AvgIpc) is 2.25. The minimum Gasteiger partial charge on any atom is -0.384 e. The number of hydrogen-bond donors (Lipinski definition) is 2. The summed E-state index contributed by atoms with van der Waals surface area (Å²) in [4.78, 5) is 4.27. The Morgan fingerprint density at radius 3 is 2.41 bits per heavy atom. The van der Waals surface area contributed by atoms with Gasteiger partial charge in [-0.15, -0.1) is 0 Å². The Kier molecular flexibility index (Phi) is 4.52. The summed E-state index contributed by atoms with van der Waals surface area (Å²) in [7, 11) is 6.13. The van der Waals surface area contributed by atoms with Crippen LogP contribution in [0.2, 0.25) is 0 Å². The van der Waals surface area contributed by atoms with Gasteiger partial charge in [-0.05, 0) is 33.2 Å². The fraction of sp³-hybridized carbons (Fsp3) is 0.462. The predicted octanol–water partition coefficient (Wildman–Crippen LogP) is 1.28. The number of likely N-dealkylation sites (N-methyl/N-ethyl adjacent to an activating group) is 2. The molecule has 0 fully saturated rings. The Morgan fingerprint density at radius 1 is 1.24 bits per heavy atom. The highest BCUT2D eigenvalue weighted by Gasteiger charge is 2.10. The first-order valence-electron chi connectivity index (χ1n) is 5.72. The first-order valence-corrected chi connectivity index (χ1v) is 5.72. The fourth-order valence-electron chi connectivity index (χ4n) is 1.67. The van der Waals surface area contributed by atoms with Gasteiger partial charge in [-0.2, -0.15) is 0 Å². The molecule has 0 aromatic heterocycles. The molecule has 0 atom stereocenters. The molecule has 0 aliphatic heterocycles. The summed E-state index contributed by atoms with van der Waals surface area (Å²) in [5, 5.41) is 7.62. The van der Waals surface area contributed by atoms with Crippen molar-refractivity contribution in [3.8, 4) is 0 Å². The van der Waals surface area contributed by atoms with Crippen molar-refractivity contribution in [2.75, 3.05) is 39.1 Å². The van der Waals surface area contributed by atoms with E-state index in [-0.39, 0.29) is 5.84 Å². The van der Waals surface area contributed by atoms with E-state index in [0.717, 1.165) is 29.9 Å². The van der Waals surface area contributed by atoms with E-state index < -0.39 is 0 Å². The Balaban J connectivity index is 2.92. The number of rotatable bonds is 5. The van der Waals surface area contributed by atoms with Crippen molar-refractivity contribution in [3.63, 3.8) is 0 Å². The van der Waals surface area contributed by atoms with E-state index in [9.17, 15) is 0 Å². The molecule has 0 heterocycles. The first-order chi connectivity index (χ1) is 7.91. The molecule has 17 heavy (non-hydrogen) atoms. The Hall–Kier alpha value is -1.55. The minimum absolute atomic E-state index is 0.125. The highest BCUT2D eigenvalue weighted by Crippen LogP contribution is 2.20. The summed E-state index contributed by atoms with van der Waals surface area (Å²) in [5.74, 6) is 0.125. The van der Waals surface area contributed by atoms with Crippen LogP contribution in [-0.4, -0.2) is 45.0 Å². The van der Waals surface area contributed by atoms with Gasteiger partial charge in [0, 0.05) is 31.4 Å². The van der Waals surface area contributed by atoms with E-state index in [2.05, 4.69) is 23.9 Å². The molecule has 1 aromatic carbocycles. The quantitative estimate of drug-likeness (QED) is 0.596. The second-order valence-electron chi connectivity index (χ2n) is 4.66. The molecule has 0 aliphatic carbocycles. The van der Waals surface area contributed by atoms with E-state index in [4.69, 9.17) is 11.1 Å². The third-order valence-electron chi connectivity index (χ3n) is 2.74. The lowest BCUT2D eigenvalue weighted by molar-refractivity contribution is 0.416. The molecule has 0 aliphatic rings. The zero-order valence-corrected chi connectivity index (χ0v) is 11.1. The third kappa shape index (κ3) is 3.75. The molecular formula is C13H22N4. The zero-order chi connectivity index (χ0) is 13.0. The molecular weight excluding hydrogens is 212 g/mol. The largest absolute Gasteiger partial charge is 0.384 e. The van der Waals surface area contributed by atoms with E-state index >= 15 is 0 Å². The summed E-state index contributed by atoms with van der Waals surface area (Å²) < 4.78 is 0. The van der Waals surface area contributed by atoms with Crippen molar-refractivity contribution in [3.05, 3.63) is 29.3 Å². The highest BCUT2D eigenvalue weighted by atomic mass is 15.2. The van der Waals surface area contributed by atoms with Gasteiger partial charge in [0.2, 0.25) is 0 Å². The van der Waals surface area contributed by atoms with Gasteiger partial charge in [0.05, 0.1) is 0 Å². The van der Waals surface area contributed by atoms with E-state index in [1.807, 2.05) is 32.2 Å². The SMILES string of the molecule is Cc1ccc(N(C)CCN(C)C)c(C(=N)N)c1. The number of benzene rings is 1. The van der Waals surface area contributed by atoms with Crippen molar-refractivity contribution >= 4 is 11.5 Å². The monoisotopic (exact) mass is 234 g/mol. The lowest BCUT2D eigenvalue weighted by Crippen LogP contribution is -2.30. The van der Waals surface area contributed by atoms with Crippen LogP contribution in [0.4, 0.5) is 5.69 Å². The van der Waals surface area contributed by atoms with Gasteiger partial charge in [0.15, 0.2) is 0 Å². The van der Waals surface area contributed by atoms with E-state index in [1.54, 1.807) is 0 Å². The van der Waals surface area contributed by atoms with Crippen molar-refractivity contribution in [1.82, 2.24) is 4.90 Å². The number of nitrogen functional groups attached to an aromatic ring is 1. The topological polar surface area (TPSA) is 56.4 Å². The molecule has 0 amide bonds. The highest BCUT2D eigenvalue weighted by molar-refractivity contribution is 6.00. The number of aryl methyl sites for hydroxylation is 1. The Labute approximate surface area is 104 Å². The maximum atomic E-state index is 7.62. The summed E-state index contributed by atoms with van der Waals surface area (Å²) in [5.41, 5.74) is 8.58. The van der Waals surface area contributed by atoms with Crippen LogP contribution < -0.4 is 10.6 Å². The van der Waals surface area contributed by atoms with Crippen LogP contribution in [0, 0.1) is 12.3 Å². The normalized spacial score (nSPS) is 10.6. The summed E-state index contributed by atoms with van der Waals surface area (Å²) >= 11 is 0. The predicted molar refractivity (Wildman–Crippen MR) is 74.0 cm³/mol. The van der Waals surface area contributed by atoms with E-state index in [0.29, 0.717) is 0 Å². The molecule has 1 rings (SSSR count). The standard InChI is InChI=1S/C13H22N4/c1-10-5-6-12(11(9-10)13(14)15)17(4)8-7-16(2)3/h5-6,9H,7-8H2,1-4H3,(H3,14,15). The van der Waals surface area contributed by atoms with Crippen LogP contribution in [0.1, 0.15) is 11.1 Å². The Morgan fingerprint density at radius 2 is 1.88 bits per heavy atom. The zero-order valence-electron chi connectivity index (χ0n) is 11.1. The molecule has 0 spiro atoms. The molecule has 0 saturated carbocycles. The van der Waals surface area contributed by atoms with Gasteiger partial charge in [-0.1, -0.05) is 11.6 Å². The van der Waals surface area contributed by atoms with Gasteiger partial charge in [0.1, 0.15) is 5.84 Å². The van der Waals surface area contributed by atoms with Gasteiger partial charge >= 0.3 is 0 Å². The van der Waals surface area contributed by atoms with Crippen molar-refractivity contribution < 1.29 is 0 Å². The molecule has 4 nitrogen and oxygen atoms in total. The molecule has 0 saturated heterocycles. The smallest absolute Gasteiger partial charge is 0.124 e. The van der Waals surface area contributed by atoms with Crippen LogP contribution >= 0.6 is 0 Å². The van der Waals surface area contributed by atoms with E-state index in [1.165, 1.54) is 0 Å². The van der Waals surface area contributed by atoms with Gasteiger partial charge in [-0.3, -0.25) is 5.41 Å². The number of anilines is 1. The number of nitrogens with zero attached hydrogens (tertiary/aromatic N) is 2. The number of nitrogens with two attached hydrogens (primary N) is 1. The fourth-order valence-corrected chi connectivity index (χ4v) is 1.67. The number of nitrogens with one attached hydrogen (secondary N) is 1. The van der Waals surface area contributed by atoms with Crippen LogP contribution in [0.5, 0.6) is 0 Å². The third-order valence-corrected chi connectivity index (χ3v) is 2.74. The van der Waals surface area contributed by atoms with Crippen molar-refractivity contribution in [2.24, 2.45) is 5.73 Å². The van der Waals surface area contributed by atoms with Crippen LogP contribution in [-0.2, 0) is 0 Å². The molecule has 0 radical (unpaired) electrons.